The molecule has 0 saturated heterocycles. The van der Waals surface area contributed by atoms with Crippen molar-refractivity contribution in [3.05, 3.63) is 58.0 Å². The maximum atomic E-state index is 13.4. The van der Waals surface area contributed by atoms with E-state index < -0.39 is 49.3 Å². The van der Waals surface area contributed by atoms with Gasteiger partial charge < -0.3 is 4.98 Å². The van der Waals surface area contributed by atoms with E-state index in [4.69, 9.17) is 0 Å². The van der Waals surface area contributed by atoms with Gasteiger partial charge in [0.05, 0.1) is 0 Å². The molecule has 1 aromatic heterocycles. The molecule has 0 spiro atoms. The average Bonchev–Trinajstić information content (AvgIpc) is 2.42. The zero-order valence-electron chi connectivity index (χ0n) is 9.95. The van der Waals surface area contributed by atoms with Crippen LogP contribution in [0.25, 0.3) is 0 Å². The van der Waals surface area contributed by atoms with Crippen molar-refractivity contribution in [3.63, 3.8) is 0 Å². The van der Waals surface area contributed by atoms with Gasteiger partial charge >= 0.3 is 0 Å². The molecule has 0 aliphatic rings. The Bertz CT molecular complexity index is 838. The Balaban J connectivity index is 2.58. The minimum absolute atomic E-state index is 0.0716. The number of nitrogens with one attached hydrogen (secondary N) is 2. The zero-order chi connectivity index (χ0) is 15.8. The summed E-state index contributed by atoms with van der Waals surface area (Å²) in [6.45, 7) is 0. The van der Waals surface area contributed by atoms with Crippen molar-refractivity contribution >= 4 is 15.7 Å². The molecule has 0 aliphatic heterocycles. The SMILES string of the molecule is O=c1cc[nH]cc1S(=O)(=O)Nc1c(F)c(F)cc(F)c1F. The molecule has 112 valence electrons. The Labute approximate surface area is 115 Å². The van der Waals surface area contributed by atoms with Crippen LogP contribution in [0.5, 0.6) is 0 Å². The molecule has 0 bridgehead atoms. The lowest BCUT2D eigenvalue weighted by molar-refractivity contribution is 0.459. The van der Waals surface area contributed by atoms with Crippen LogP contribution in [0.1, 0.15) is 0 Å². The van der Waals surface area contributed by atoms with Gasteiger partial charge in [0.25, 0.3) is 10.0 Å². The molecule has 0 atom stereocenters. The van der Waals surface area contributed by atoms with Crippen molar-refractivity contribution in [3.8, 4) is 0 Å². The van der Waals surface area contributed by atoms with Crippen LogP contribution in [0, 0.1) is 23.3 Å². The Morgan fingerprint density at radius 2 is 1.62 bits per heavy atom. The summed E-state index contributed by atoms with van der Waals surface area (Å²) in [6, 6.07) is 0.783. The number of H-pyrrole nitrogens is 1. The fourth-order valence-corrected chi connectivity index (χ4v) is 2.58. The number of hydrogen-bond donors (Lipinski definition) is 2. The fraction of sp³-hybridized carbons (Fsp3) is 0. The highest BCUT2D eigenvalue weighted by Crippen LogP contribution is 2.25. The molecule has 0 saturated carbocycles. The van der Waals surface area contributed by atoms with E-state index in [-0.39, 0.29) is 6.07 Å². The Morgan fingerprint density at radius 3 is 2.14 bits per heavy atom. The van der Waals surface area contributed by atoms with Gasteiger partial charge in [-0.3, -0.25) is 9.52 Å². The second kappa shape index (κ2) is 5.20. The van der Waals surface area contributed by atoms with Gasteiger partial charge in [0.1, 0.15) is 5.69 Å². The summed E-state index contributed by atoms with van der Waals surface area (Å²) in [6.07, 6.45) is 1.89. The first-order chi connectivity index (χ1) is 9.74. The number of aromatic amines is 1. The Hall–Kier alpha value is -2.36. The lowest BCUT2D eigenvalue weighted by atomic mass is 10.3. The predicted molar refractivity (Wildman–Crippen MR) is 64.1 cm³/mol. The topological polar surface area (TPSA) is 79.0 Å². The van der Waals surface area contributed by atoms with Crippen molar-refractivity contribution in [1.82, 2.24) is 4.98 Å². The third-order valence-electron chi connectivity index (χ3n) is 2.43. The third kappa shape index (κ3) is 2.75. The first-order valence-corrected chi connectivity index (χ1v) is 6.75. The highest BCUT2D eigenvalue weighted by atomic mass is 32.2. The number of rotatable bonds is 3. The monoisotopic (exact) mass is 322 g/mol. The van der Waals surface area contributed by atoms with Crippen LogP contribution < -0.4 is 10.2 Å². The normalized spacial score (nSPS) is 11.4. The maximum Gasteiger partial charge on any atom is 0.267 e. The molecule has 1 aromatic carbocycles. The van der Waals surface area contributed by atoms with Gasteiger partial charge in [-0.2, -0.15) is 0 Å². The first-order valence-electron chi connectivity index (χ1n) is 5.27. The van der Waals surface area contributed by atoms with Crippen molar-refractivity contribution in [1.29, 1.82) is 0 Å². The third-order valence-corrected chi connectivity index (χ3v) is 3.80. The van der Waals surface area contributed by atoms with E-state index in [0.717, 1.165) is 18.5 Å². The molecular formula is C11H6F4N2O3S. The van der Waals surface area contributed by atoms with E-state index >= 15 is 0 Å². The highest BCUT2D eigenvalue weighted by Gasteiger charge is 2.25. The number of pyridine rings is 1. The molecule has 2 rings (SSSR count). The summed E-state index contributed by atoms with van der Waals surface area (Å²) in [5, 5.41) is 0. The lowest BCUT2D eigenvalue weighted by Crippen LogP contribution is -2.22. The molecule has 21 heavy (non-hydrogen) atoms. The summed E-state index contributed by atoms with van der Waals surface area (Å²) in [5.41, 5.74) is -2.52. The van der Waals surface area contributed by atoms with Crippen LogP contribution in [0.4, 0.5) is 23.2 Å². The van der Waals surface area contributed by atoms with Crippen LogP contribution in [0.3, 0.4) is 0 Å². The minimum Gasteiger partial charge on any atom is -0.366 e. The summed E-state index contributed by atoms with van der Waals surface area (Å²) in [4.78, 5) is 12.8. The minimum atomic E-state index is -4.73. The van der Waals surface area contributed by atoms with E-state index in [1.165, 1.54) is 4.72 Å². The molecular weight excluding hydrogens is 316 g/mol. The van der Waals surface area contributed by atoms with Gasteiger partial charge in [-0.1, -0.05) is 0 Å². The van der Waals surface area contributed by atoms with Gasteiger partial charge in [-0.05, 0) is 0 Å². The summed E-state index contributed by atoms with van der Waals surface area (Å²) in [7, 11) is -4.73. The van der Waals surface area contributed by atoms with Crippen molar-refractivity contribution < 1.29 is 26.0 Å². The smallest absolute Gasteiger partial charge is 0.267 e. The summed E-state index contributed by atoms with van der Waals surface area (Å²) < 4.78 is 77.8. The van der Waals surface area contributed by atoms with Crippen molar-refractivity contribution in [2.75, 3.05) is 4.72 Å². The Morgan fingerprint density at radius 1 is 1.05 bits per heavy atom. The Kier molecular flexibility index (Phi) is 3.73. The summed E-state index contributed by atoms with van der Waals surface area (Å²) in [5.74, 6) is -7.42. The number of hydrogen-bond acceptors (Lipinski definition) is 3. The average molecular weight is 322 g/mol. The van der Waals surface area contributed by atoms with Crippen molar-refractivity contribution in [2.45, 2.75) is 4.90 Å². The number of halogens is 4. The van der Waals surface area contributed by atoms with E-state index in [1.807, 2.05) is 0 Å². The van der Waals surface area contributed by atoms with E-state index in [2.05, 4.69) is 4.98 Å². The molecule has 0 amide bonds. The molecule has 2 aromatic rings. The van der Waals surface area contributed by atoms with Crippen molar-refractivity contribution in [2.24, 2.45) is 0 Å². The van der Waals surface area contributed by atoms with E-state index in [1.54, 1.807) is 0 Å². The molecule has 0 fully saturated rings. The van der Waals surface area contributed by atoms with Gasteiger partial charge in [0, 0.05) is 24.5 Å². The van der Waals surface area contributed by atoms with Crippen LogP contribution in [0.2, 0.25) is 0 Å². The molecule has 0 unspecified atom stereocenters. The largest absolute Gasteiger partial charge is 0.366 e. The molecule has 5 nitrogen and oxygen atoms in total. The molecule has 0 aliphatic carbocycles. The van der Waals surface area contributed by atoms with Gasteiger partial charge in [-0.15, -0.1) is 0 Å². The highest BCUT2D eigenvalue weighted by molar-refractivity contribution is 7.92. The predicted octanol–water partition coefficient (Wildman–Crippen LogP) is 1.73. The van der Waals surface area contributed by atoms with Gasteiger partial charge in [-0.25, -0.2) is 26.0 Å². The van der Waals surface area contributed by atoms with Gasteiger partial charge in [0.2, 0.25) is 5.43 Å². The number of sulfonamides is 1. The lowest BCUT2D eigenvalue weighted by Gasteiger charge is -2.10. The second-order valence-corrected chi connectivity index (χ2v) is 5.47. The second-order valence-electron chi connectivity index (χ2n) is 3.82. The van der Waals surface area contributed by atoms with E-state index in [0.29, 0.717) is 0 Å². The molecule has 0 radical (unpaired) electrons. The quantitative estimate of drug-likeness (QED) is 0.667. The standard InChI is InChI=1S/C11H6F4N2O3S/c12-5-3-6(13)10(15)11(9(5)14)17-21(19,20)8-4-16-2-1-7(8)18/h1-4,17H,(H,16,18). The van der Waals surface area contributed by atoms with Crippen LogP contribution in [0.15, 0.2) is 34.2 Å². The summed E-state index contributed by atoms with van der Waals surface area (Å²) >= 11 is 0. The number of benzene rings is 1. The number of aromatic nitrogens is 1. The van der Waals surface area contributed by atoms with Crippen LogP contribution in [-0.2, 0) is 10.0 Å². The first kappa shape index (κ1) is 15.0. The van der Waals surface area contributed by atoms with Crippen LogP contribution >= 0.6 is 0 Å². The number of anilines is 1. The van der Waals surface area contributed by atoms with Gasteiger partial charge in [0.15, 0.2) is 28.2 Å². The maximum absolute atomic E-state index is 13.4. The van der Waals surface area contributed by atoms with E-state index in [9.17, 15) is 30.8 Å². The molecule has 10 heteroatoms. The van der Waals surface area contributed by atoms with Crippen LogP contribution in [-0.4, -0.2) is 13.4 Å². The fourth-order valence-electron chi connectivity index (χ4n) is 1.46. The molecule has 2 N–H and O–H groups in total. The zero-order valence-corrected chi connectivity index (χ0v) is 10.8. The molecule has 1 heterocycles.